The Bertz CT molecular complexity index is 563. The molecule has 1 aromatic heterocycles. The molecule has 0 aliphatic rings. The number of aromatic nitrogens is 2. The fourth-order valence-electron chi connectivity index (χ4n) is 1.62. The third kappa shape index (κ3) is 2.74. The van der Waals surface area contributed by atoms with Gasteiger partial charge in [-0.3, -0.25) is 9.89 Å². The van der Waals surface area contributed by atoms with Crippen LogP contribution in [0.25, 0.3) is 11.3 Å². The topological polar surface area (TPSA) is 66.0 Å². The van der Waals surface area contributed by atoms with Crippen molar-refractivity contribution in [2.24, 2.45) is 0 Å². The minimum absolute atomic E-state index is 0.0416. The molecule has 4 nitrogen and oxygen atoms in total. The SMILES string of the molecule is Cc1ccc(Br)cc1-c1cc(CC(=O)O)[nH]n1. The molecule has 1 aromatic carbocycles. The largest absolute Gasteiger partial charge is 0.481 e. The van der Waals surface area contributed by atoms with Gasteiger partial charge in [0.2, 0.25) is 0 Å². The predicted octanol–water partition coefficient (Wildman–Crippen LogP) is 2.77. The molecular weight excluding hydrogens is 284 g/mol. The summed E-state index contributed by atoms with van der Waals surface area (Å²) in [7, 11) is 0. The average molecular weight is 295 g/mol. The molecule has 0 saturated carbocycles. The highest BCUT2D eigenvalue weighted by Gasteiger charge is 2.09. The van der Waals surface area contributed by atoms with E-state index in [1.807, 2.05) is 25.1 Å². The van der Waals surface area contributed by atoms with Crippen molar-refractivity contribution in [2.45, 2.75) is 13.3 Å². The van der Waals surface area contributed by atoms with Crippen LogP contribution in [0.4, 0.5) is 0 Å². The van der Waals surface area contributed by atoms with Crippen LogP contribution in [0.15, 0.2) is 28.7 Å². The van der Waals surface area contributed by atoms with Gasteiger partial charge in [0.25, 0.3) is 0 Å². The number of aliphatic carboxylic acids is 1. The van der Waals surface area contributed by atoms with Crippen molar-refractivity contribution < 1.29 is 9.90 Å². The summed E-state index contributed by atoms with van der Waals surface area (Å²) in [6.07, 6.45) is -0.0416. The van der Waals surface area contributed by atoms with Gasteiger partial charge in [0, 0.05) is 15.7 Å². The molecule has 0 amide bonds. The second-order valence-electron chi connectivity index (χ2n) is 3.81. The molecule has 17 heavy (non-hydrogen) atoms. The van der Waals surface area contributed by atoms with Gasteiger partial charge in [-0.25, -0.2) is 0 Å². The van der Waals surface area contributed by atoms with Gasteiger partial charge < -0.3 is 5.11 Å². The molecule has 0 radical (unpaired) electrons. The molecule has 2 N–H and O–H groups in total. The Labute approximate surface area is 107 Å². The molecule has 5 heteroatoms. The summed E-state index contributed by atoms with van der Waals surface area (Å²) in [6.45, 7) is 1.99. The zero-order valence-corrected chi connectivity index (χ0v) is 10.8. The fourth-order valence-corrected chi connectivity index (χ4v) is 1.98. The second-order valence-corrected chi connectivity index (χ2v) is 4.72. The van der Waals surface area contributed by atoms with Crippen LogP contribution >= 0.6 is 15.9 Å². The van der Waals surface area contributed by atoms with Crippen molar-refractivity contribution >= 4 is 21.9 Å². The molecule has 0 aliphatic heterocycles. The lowest BCUT2D eigenvalue weighted by atomic mass is 10.1. The van der Waals surface area contributed by atoms with E-state index in [-0.39, 0.29) is 6.42 Å². The predicted molar refractivity (Wildman–Crippen MR) is 67.8 cm³/mol. The monoisotopic (exact) mass is 294 g/mol. The molecular formula is C12H11BrN2O2. The Hall–Kier alpha value is -1.62. The van der Waals surface area contributed by atoms with Crippen LogP contribution in [0.2, 0.25) is 0 Å². The van der Waals surface area contributed by atoms with Crippen molar-refractivity contribution in [3.8, 4) is 11.3 Å². The first-order valence-electron chi connectivity index (χ1n) is 5.09. The van der Waals surface area contributed by atoms with E-state index in [0.717, 1.165) is 21.3 Å². The quantitative estimate of drug-likeness (QED) is 0.915. The van der Waals surface area contributed by atoms with Crippen molar-refractivity contribution in [1.82, 2.24) is 10.2 Å². The molecule has 0 unspecified atom stereocenters. The first kappa shape index (κ1) is 11.9. The number of benzene rings is 1. The first-order valence-corrected chi connectivity index (χ1v) is 5.88. The first-order chi connectivity index (χ1) is 8.06. The van der Waals surface area contributed by atoms with Gasteiger partial charge in [0.05, 0.1) is 12.1 Å². The van der Waals surface area contributed by atoms with Crippen LogP contribution in [0, 0.1) is 6.92 Å². The number of nitrogens with zero attached hydrogens (tertiary/aromatic N) is 1. The smallest absolute Gasteiger partial charge is 0.309 e. The Kier molecular flexibility index (Phi) is 3.28. The lowest BCUT2D eigenvalue weighted by Gasteiger charge is -2.02. The van der Waals surface area contributed by atoms with Gasteiger partial charge in [0.15, 0.2) is 0 Å². The molecule has 0 spiro atoms. The van der Waals surface area contributed by atoms with E-state index in [0.29, 0.717) is 5.69 Å². The van der Waals surface area contributed by atoms with Crippen molar-refractivity contribution in [3.05, 3.63) is 40.0 Å². The number of hydrogen-bond acceptors (Lipinski definition) is 2. The number of hydrogen-bond donors (Lipinski definition) is 2. The molecule has 0 atom stereocenters. The van der Waals surface area contributed by atoms with Crippen LogP contribution in [0.5, 0.6) is 0 Å². The molecule has 2 rings (SSSR count). The summed E-state index contributed by atoms with van der Waals surface area (Å²) >= 11 is 3.41. The number of carbonyl (C=O) groups is 1. The zero-order valence-electron chi connectivity index (χ0n) is 9.20. The molecule has 0 fully saturated rings. The fraction of sp³-hybridized carbons (Fsp3) is 0.167. The van der Waals surface area contributed by atoms with E-state index >= 15 is 0 Å². The maximum absolute atomic E-state index is 10.6. The van der Waals surface area contributed by atoms with Crippen LogP contribution in [-0.4, -0.2) is 21.3 Å². The molecule has 88 valence electrons. The Morgan fingerprint density at radius 2 is 2.24 bits per heavy atom. The maximum atomic E-state index is 10.6. The molecule has 0 saturated heterocycles. The van der Waals surface area contributed by atoms with E-state index in [2.05, 4.69) is 26.1 Å². The summed E-state index contributed by atoms with van der Waals surface area (Å²) in [5.41, 5.74) is 3.46. The van der Waals surface area contributed by atoms with E-state index in [1.54, 1.807) is 6.07 Å². The molecule has 0 bridgehead atoms. The lowest BCUT2D eigenvalue weighted by Crippen LogP contribution is -1.99. The number of halogens is 1. The molecule has 1 heterocycles. The summed E-state index contributed by atoms with van der Waals surface area (Å²) in [4.78, 5) is 10.6. The van der Waals surface area contributed by atoms with Crippen molar-refractivity contribution in [1.29, 1.82) is 0 Å². The average Bonchev–Trinajstić information content (AvgIpc) is 2.69. The number of H-pyrrole nitrogens is 1. The summed E-state index contributed by atoms with van der Waals surface area (Å²) in [6, 6.07) is 7.69. The van der Waals surface area contributed by atoms with E-state index in [9.17, 15) is 4.79 Å². The van der Waals surface area contributed by atoms with Crippen LogP contribution < -0.4 is 0 Å². The number of aromatic amines is 1. The van der Waals surface area contributed by atoms with Crippen molar-refractivity contribution in [2.75, 3.05) is 0 Å². The third-order valence-electron chi connectivity index (χ3n) is 2.45. The Morgan fingerprint density at radius 1 is 1.47 bits per heavy atom. The highest BCUT2D eigenvalue weighted by atomic mass is 79.9. The standard InChI is InChI=1S/C12H11BrN2O2/c1-7-2-3-8(13)4-10(7)11-5-9(14-15-11)6-12(16)17/h2-5H,6H2,1H3,(H,14,15)(H,16,17). The number of carboxylic acid groups (broad SMARTS) is 1. The van der Waals surface area contributed by atoms with Gasteiger partial charge in [-0.1, -0.05) is 22.0 Å². The number of rotatable bonds is 3. The van der Waals surface area contributed by atoms with Gasteiger partial charge in [-0.2, -0.15) is 5.10 Å². The molecule has 0 aliphatic carbocycles. The summed E-state index contributed by atoms with van der Waals surface area (Å²) < 4.78 is 0.973. The lowest BCUT2D eigenvalue weighted by molar-refractivity contribution is -0.136. The molecule has 2 aromatic rings. The minimum atomic E-state index is -0.869. The van der Waals surface area contributed by atoms with Gasteiger partial charge in [-0.05, 0) is 30.7 Å². The van der Waals surface area contributed by atoms with Crippen molar-refractivity contribution in [3.63, 3.8) is 0 Å². The van der Waals surface area contributed by atoms with Gasteiger partial charge in [-0.15, -0.1) is 0 Å². The van der Waals surface area contributed by atoms with Crippen LogP contribution in [0.3, 0.4) is 0 Å². The number of nitrogens with one attached hydrogen (secondary N) is 1. The minimum Gasteiger partial charge on any atom is -0.481 e. The van der Waals surface area contributed by atoms with E-state index in [1.165, 1.54) is 0 Å². The highest BCUT2D eigenvalue weighted by molar-refractivity contribution is 9.10. The van der Waals surface area contributed by atoms with Crippen LogP contribution in [0.1, 0.15) is 11.3 Å². The van der Waals surface area contributed by atoms with Gasteiger partial charge >= 0.3 is 5.97 Å². The third-order valence-corrected chi connectivity index (χ3v) is 2.94. The number of aryl methyl sites for hydroxylation is 1. The highest BCUT2D eigenvalue weighted by Crippen LogP contribution is 2.25. The Morgan fingerprint density at radius 3 is 2.94 bits per heavy atom. The van der Waals surface area contributed by atoms with E-state index in [4.69, 9.17) is 5.11 Å². The maximum Gasteiger partial charge on any atom is 0.309 e. The Balaban J connectivity index is 2.36. The number of carboxylic acids is 1. The van der Waals surface area contributed by atoms with Gasteiger partial charge in [0.1, 0.15) is 0 Å². The summed E-state index contributed by atoms with van der Waals surface area (Å²) in [5, 5.41) is 15.6. The normalized spacial score (nSPS) is 10.5. The summed E-state index contributed by atoms with van der Waals surface area (Å²) in [5.74, 6) is -0.869. The zero-order chi connectivity index (χ0) is 12.4. The van der Waals surface area contributed by atoms with Crippen LogP contribution in [-0.2, 0) is 11.2 Å². The van der Waals surface area contributed by atoms with E-state index < -0.39 is 5.97 Å². The second kappa shape index (κ2) is 4.71.